The number of urea groups is 1. The minimum atomic E-state index is -4.48. The van der Waals surface area contributed by atoms with Crippen LogP contribution in [0.25, 0.3) is 10.7 Å². The molecule has 0 atom stereocenters. The van der Waals surface area contributed by atoms with Gasteiger partial charge in [-0.15, -0.1) is 10.2 Å². The van der Waals surface area contributed by atoms with Gasteiger partial charge in [-0.25, -0.2) is 4.79 Å². The lowest BCUT2D eigenvalue weighted by atomic mass is 10.1. The fraction of sp³-hybridized carbons (Fsp3) is 0.176. The molecule has 2 heterocycles. The van der Waals surface area contributed by atoms with Crippen LogP contribution < -0.4 is 5.32 Å². The van der Waals surface area contributed by atoms with Crippen molar-refractivity contribution in [3.63, 3.8) is 0 Å². The molecule has 6 nitrogen and oxygen atoms in total. The van der Waals surface area contributed by atoms with E-state index in [2.05, 4.69) is 20.5 Å². The lowest BCUT2D eigenvalue weighted by Gasteiger charge is -2.19. The quantitative estimate of drug-likeness (QED) is 0.718. The van der Waals surface area contributed by atoms with Gasteiger partial charge in [0.1, 0.15) is 5.69 Å². The molecule has 27 heavy (non-hydrogen) atoms. The summed E-state index contributed by atoms with van der Waals surface area (Å²) in [5.41, 5.74) is -0.143. The molecule has 10 heteroatoms. The fourth-order valence-electron chi connectivity index (χ4n) is 2.32. The predicted molar refractivity (Wildman–Crippen MR) is 95.1 cm³/mol. The molecule has 0 bridgehead atoms. The molecule has 0 radical (unpaired) electrons. The van der Waals surface area contributed by atoms with Crippen LogP contribution in [0.4, 0.5) is 23.1 Å². The third-order valence-corrected chi connectivity index (χ3v) is 4.46. The SMILES string of the molecule is CN(Cc1ccccc1C(F)(F)F)C(=O)Nc1nnc(-c2ccccn2)s1. The number of nitrogens with one attached hydrogen (secondary N) is 1. The highest BCUT2D eigenvalue weighted by Gasteiger charge is 2.33. The molecule has 2 amide bonds. The zero-order chi connectivity index (χ0) is 19.4. The molecule has 0 unspecified atom stereocenters. The third kappa shape index (κ3) is 4.59. The Labute approximate surface area is 156 Å². The van der Waals surface area contributed by atoms with Crippen LogP contribution in [-0.4, -0.2) is 33.2 Å². The average Bonchev–Trinajstić information content (AvgIpc) is 3.10. The summed E-state index contributed by atoms with van der Waals surface area (Å²) >= 11 is 1.12. The number of nitrogens with zero attached hydrogens (tertiary/aromatic N) is 4. The average molecular weight is 393 g/mol. The molecule has 1 N–H and O–H groups in total. The highest BCUT2D eigenvalue weighted by Crippen LogP contribution is 2.32. The molecule has 0 aliphatic rings. The van der Waals surface area contributed by atoms with Crippen LogP contribution in [0.2, 0.25) is 0 Å². The molecule has 1 aromatic carbocycles. The Balaban J connectivity index is 1.68. The van der Waals surface area contributed by atoms with E-state index >= 15 is 0 Å². The van der Waals surface area contributed by atoms with E-state index in [0.29, 0.717) is 10.7 Å². The van der Waals surface area contributed by atoms with Crippen molar-refractivity contribution in [3.8, 4) is 10.7 Å². The number of pyridine rings is 1. The Bertz CT molecular complexity index is 930. The molecule has 0 saturated carbocycles. The molecular weight excluding hydrogens is 379 g/mol. The number of alkyl halides is 3. The predicted octanol–water partition coefficient (Wildman–Crippen LogP) is 4.28. The summed E-state index contributed by atoms with van der Waals surface area (Å²) in [6.07, 6.45) is -2.87. The van der Waals surface area contributed by atoms with Gasteiger partial charge in [0.25, 0.3) is 0 Å². The standard InChI is InChI=1S/C17H14F3N5OS/c1-25(10-11-6-2-3-7-12(11)17(18,19)20)16(26)22-15-24-23-14(27-15)13-8-4-5-9-21-13/h2-9H,10H2,1H3,(H,22,24,26). The van der Waals surface area contributed by atoms with Crippen molar-refractivity contribution in [1.29, 1.82) is 0 Å². The van der Waals surface area contributed by atoms with Gasteiger partial charge in [0.15, 0.2) is 5.01 Å². The lowest BCUT2D eigenvalue weighted by Crippen LogP contribution is -2.31. The van der Waals surface area contributed by atoms with Gasteiger partial charge in [-0.1, -0.05) is 35.6 Å². The van der Waals surface area contributed by atoms with Crippen molar-refractivity contribution in [2.24, 2.45) is 0 Å². The van der Waals surface area contributed by atoms with Crippen LogP contribution in [0.3, 0.4) is 0 Å². The van der Waals surface area contributed by atoms with Crippen LogP contribution in [-0.2, 0) is 12.7 Å². The third-order valence-electron chi connectivity index (χ3n) is 3.60. The maximum absolute atomic E-state index is 13.1. The second-order valence-corrected chi connectivity index (χ2v) is 6.55. The Morgan fingerprint density at radius 1 is 1.15 bits per heavy atom. The summed E-state index contributed by atoms with van der Waals surface area (Å²) in [7, 11) is 1.41. The number of anilines is 1. The van der Waals surface area contributed by atoms with E-state index in [1.807, 2.05) is 0 Å². The summed E-state index contributed by atoms with van der Waals surface area (Å²) in [4.78, 5) is 17.6. The van der Waals surface area contributed by atoms with Crippen molar-refractivity contribution in [3.05, 3.63) is 59.8 Å². The molecule has 0 aliphatic carbocycles. The van der Waals surface area contributed by atoms with Gasteiger partial charge >= 0.3 is 12.2 Å². The van der Waals surface area contributed by atoms with E-state index < -0.39 is 17.8 Å². The largest absolute Gasteiger partial charge is 0.416 e. The smallest absolute Gasteiger partial charge is 0.323 e. The first kappa shape index (κ1) is 18.8. The van der Waals surface area contributed by atoms with E-state index in [4.69, 9.17) is 0 Å². The number of carbonyl (C=O) groups is 1. The second kappa shape index (κ2) is 7.70. The molecular formula is C17H14F3N5OS. The number of carbonyl (C=O) groups excluding carboxylic acids is 1. The Kier molecular flexibility index (Phi) is 5.36. The summed E-state index contributed by atoms with van der Waals surface area (Å²) in [6.45, 7) is -0.201. The summed E-state index contributed by atoms with van der Waals surface area (Å²) in [6, 6.07) is 9.88. The van der Waals surface area contributed by atoms with E-state index in [9.17, 15) is 18.0 Å². The molecule has 0 fully saturated rings. The Morgan fingerprint density at radius 3 is 2.59 bits per heavy atom. The molecule has 3 aromatic rings. The number of hydrogen-bond acceptors (Lipinski definition) is 5. The second-order valence-electron chi connectivity index (χ2n) is 5.57. The molecule has 0 aliphatic heterocycles. The summed E-state index contributed by atoms with van der Waals surface area (Å²) < 4.78 is 39.2. The van der Waals surface area contributed by atoms with Crippen molar-refractivity contribution in [2.75, 3.05) is 12.4 Å². The lowest BCUT2D eigenvalue weighted by molar-refractivity contribution is -0.138. The molecule has 3 rings (SSSR count). The topological polar surface area (TPSA) is 71.0 Å². The van der Waals surface area contributed by atoms with Crippen molar-refractivity contribution < 1.29 is 18.0 Å². The van der Waals surface area contributed by atoms with Gasteiger partial charge in [0.2, 0.25) is 5.13 Å². The van der Waals surface area contributed by atoms with Crippen LogP contribution in [0, 0.1) is 0 Å². The van der Waals surface area contributed by atoms with Gasteiger partial charge < -0.3 is 4.90 Å². The first-order chi connectivity index (χ1) is 12.8. The number of hydrogen-bond donors (Lipinski definition) is 1. The van der Waals surface area contributed by atoms with Crippen LogP contribution in [0.5, 0.6) is 0 Å². The first-order valence-corrected chi connectivity index (χ1v) is 8.58. The monoisotopic (exact) mass is 393 g/mol. The first-order valence-electron chi connectivity index (χ1n) is 7.76. The molecule has 140 valence electrons. The van der Waals surface area contributed by atoms with Gasteiger partial charge in [-0.2, -0.15) is 13.2 Å². The molecule has 0 saturated heterocycles. The van der Waals surface area contributed by atoms with Gasteiger partial charge in [0, 0.05) is 19.8 Å². The van der Waals surface area contributed by atoms with Crippen LogP contribution in [0.15, 0.2) is 48.7 Å². The maximum atomic E-state index is 13.1. The normalized spacial score (nSPS) is 11.3. The van der Waals surface area contributed by atoms with Gasteiger partial charge in [0.05, 0.1) is 5.56 Å². The van der Waals surface area contributed by atoms with Crippen molar-refractivity contribution >= 4 is 22.5 Å². The number of halogens is 3. The summed E-state index contributed by atoms with van der Waals surface area (Å²) in [5.74, 6) is 0. The number of rotatable bonds is 4. The number of aromatic nitrogens is 3. The van der Waals surface area contributed by atoms with E-state index in [1.54, 1.807) is 24.4 Å². The molecule has 2 aromatic heterocycles. The van der Waals surface area contributed by atoms with Gasteiger partial charge in [-0.3, -0.25) is 10.3 Å². The van der Waals surface area contributed by atoms with Crippen molar-refractivity contribution in [2.45, 2.75) is 12.7 Å². The fourth-order valence-corrected chi connectivity index (χ4v) is 3.03. The molecule has 0 spiro atoms. The maximum Gasteiger partial charge on any atom is 0.416 e. The minimum absolute atomic E-state index is 0.00842. The van der Waals surface area contributed by atoms with Crippen LogP contribution in [0.1, 0.15) is 11.1 Å². The highest BCUT2D eigenvalue weighted by molar-refractivity contribution is 7.18. The zero-order valence-corrected chi connectivity index (χ0v) is 14.9. The summed E-state index contributed by atoms with van der Waals surface area (Å²) in [5, 5.41) is 11.1. The number of amides is 2. The van der Waals surface area contributed by atoms with E-state index in [1.165, 1.54) is 25.2 Å². The Morgan fingerprint density at radius 2 is 1.89 bits per heavy atom. The van der Waals surface area contributed by atoms with Gasteiger partial charge in [-0.05, 0) is 23.8 Å². The van der Waals surface area contributed by atoms with Crippen molar-refractivity contribution in [1.82, 2.24) is 20.1 Å². The van der Waals surface area contributed by atoms with Crippen LogP contribution >= 0.6 is 11.3 Å². The Hall–Kier alpha value is -3.01. The van der Waals surface area contributed by atoms with E-state index in [-0.39, 0.29) is 17.2 Å². The number of benzene rings is 1. The zero-order valence-electron chi connectivity index (χ0n) is 14.1. The minimum Gasteiger partial charge on any atom is -0.323 e. The highest BCUT2D eigenvalue weighted by atomic mass is 32.1. The van der Waals surface area contributed by atoms with E-state index in [0.717, 1.165) is 22.3 Å².